The van der Waals surface area contributed by atoms with Crippen LogP contribution < -0.4 is 16.0 Å². The number of nitrogens with one attached hydrogen (secondary N) is 3. The van der Waals surface area contributed by atoms with Gasteiger partial charge in [0.25, 0.3) is 0 Å². The molecule has 0 spiro atoms. The second-order valence-electron chi connectivity index (χ2n) is 7.81. The second kappa shape index (κ2) is 6.91. The quantitative estimate of drug-likeness (QED) is 0.663. The fourth-order valence-electron chi connectivity index (χ4n) is 3.60. The van der Waals surface area contributed by atoms with Crippen LogP contribution in [-0.4, -0.2) is 40.6 Å². The Balaban J connectivity index is 1.85. The molecule has 1 aliphatic heterocycles. The van der Waals surface area contributed by atoms with Crippen LogP contribution in [0.25, 0.3) is 0 Å². The number of carbonyl (C=O) groups is 2. The predicted molar refractivity (Wildman–Crippen MR) is 94.3 cm³/mol. The van der Waals surface area contributed by atoms with E-state index in [0.29, 0.717) is 5.69 Å². The molecule has 1 fully saturated rings. The number of carboxylic acids is 1. The maximum atomic E-state index is 12.1. The van der Waals surface area contributed by atoms with E-state index < -0.39 is 5.97 Å². The van der Waals surface area contributed by atoms with Gasteiger partial charge in [-0.25, -0.2) is 4.79 Å². The zero-order valence-corrected chi connectivity index (χ0v) is 14.8. The van der Waals surface area contributed by atoms with E-state index in [4.69, 9.17) is 5.11 Å². The number of hydrogen-bond acceptors (Lipinski definition) is 4. The Hall–Kier alpha value is -1.92. The molecule has 24 heavy (non-hydrogen) atoms. The standard InChI is InChI=1S/C18H27N3O3/c1-17(2)9-14(10-18(3,4)21-17)19-11-15(22)20-13-7-5-12(6-8-13)16(23)24/h5-8,14,19,21H,9-11H2,1-4H3,(H,20,22)(H,23,24). The molecular weight excluding hydrogens is 306 g/mol. The smallest absolute Gasteiger partial charge is 0.335 e. The average Bonchev–Trinajstić information content (AvgIpc) is 2.42. The van der Waals surface area contributed by atoms with Crippen molar-refractivity contribution in [1.82, 2.24) is 10.6 Å². The summed E-state index contributed by atoms with van der Waals surface area (Å²) in [6.45, 7) is 8.93. The highest BCUT2D eigenvalue weighted by Crippen LogP contribution is 2.28. The maximum Gasteiger partial charge on any atom is 0.335 e. The fourth-order valence-corrected chi connectivity index (χ4v) is 3.60. The van der Waals surface area contributed by atoms with Crippen LogP contribution in [0.2, 0.25) is 0 Å². The first-order chi connectivity index (χ1) is 11.1. The van der Waals surface area contributed by atoms with Crippen molar-refractivity contribution >= 4 is 17.6 Å². The lowest BCUT2D eigenvalue weighted by atomic mass is 9.79. The Morgan fingerprint density at radius 1 is 1.12 bits per heavy atom. The van der Waals surface area contributed by atoms with Crippen molar-refractivity contribution in [3.63, 3.8) is 0 Å². The minimum absolute atomic E-state index is 0.0303. The van der Waals surface area contributed by atoms with Gasteiger partial charge in [0.2, 0.25) is 5.91 Å². The van der Waals surface area contributed by atoms with Crippen LogP contribution in [0.4, 0.5) is 5.69 Å². The third-order valence-corrected chi connectivity index (χ3v) is 4.16. The molecule has 0 unspecified atom stereocenters. The fraction of sp³-hybridized carbons (Fsp3) is 0.556. The molecule has 1 aliphatic rings. The van der Waals surface area contributed by atoms with E-state index in [-0.39, 0.29) is 35.1 Å². The summed E-state index contributed by atoms with van der Waals surface area (Å²) in [6, 6.07) is 6.42. The summed E-state index contributed by atoms with van der Waals surface area (Å²) in [6.07, 6.45) is 1.91. The van der Waals surface area contributed by atoms with Crippen LogP contribution in [0, 0.1) is 0 Å². The molecule has 4 N–H and O–H groups in total. The molecule has 132 valence electrons. The van der Waals surface area contributed by atoms with Gasteiger partial charge in [0.1, 0.15) is 0 Å². The zero-order valence-electron chi connectivity index (χ0n) is 14.8. The van der Waals surface area contributed by atoms with Crippen molar-refractivity contribution in [3.05, 3.63) is 29.8 Å². The number of piperidine rings is 1. The topological polar surface area (TPSA) is 90.5 Å². The van der Waals surface area contributed by atoms with Gasteiger partial charge in [-0.05, 0) is 64.8 Å². The molecule has 0 aromatic heterocycles. The average molecular weight is 333 g/mol. The first-order valence-corrected chi connectivity index (χ1v) is 8.22. The number of rotatable bonds is 5. The minimum Gasteiger partial charge on any atom is -0.478 e. The molecular formula is C18H27N3O3. The number of hydrogen-bond donors (Lipinski definition) is 4. The van der Waals surface area contributed by atoms with Crippen LogP contribution in [0.5, 0.6) is 0 Å². The Morgan fingerprint density at radius 2 is 1.67 bits per heavy atom. The highest BCUT2D eigenvalue weighted by molar-refractivity contribution is 5.93. The van der Waals surface area contributed by atoms with E-state index in [1.807, 2.05) is 0 Å². The third kappa shape index (κ3) is 5.32. The van der Waals surface area contributed by atoms with Gasteiger partial charge in [0.05, 0.1) is 12.1 Å². The predicted octanol–water partition coefficient (Wildman–Crippen LogP) is 2.22. The molecule has 0 radical (unpaired) electrons. The minimum atomic E-state index is -0.981. The second-order valence-corrected chi connectivity index (χ2v) is 7.81. The first-order valence-electron chi connectivity index (χ1n) is 8.22. The van der Waals surface area contributed by atoms with Gasteiger partial charge in [0.15, 0.2) is 0 Å². The van der Waals surface area contributed by atoms with E-state index in [1.54, 1.807) is 12.1 Å². The molecule has 1 amide bonds. The molecule has 0 atom stereocenters. The summed E-state index contributed by atoms with van der Waals surface area (Å²) in [5.74, 6) is -1.11. The highest BCUT2D eigenvalue weighted by atomic mass is 16.4. The number of anilines is 1. The third-order valence-electron chi connectivity index (χ3n) is 4.16. The maximum absolute atomic E-state index is 12.1. The van der Waals surface area contributed by atoms with E-state index >= 15 is 0 Å². The van der Waals surface area contributed by atoms with Crippen molar-refractivity contribution in [3.8, 4) is 0 Å². The summed E-state index contributed by atoms with van der Waals surface area (Å²) in [7, 11) is 0. The molecule has 6 heteroatoms. The number of aromatic carboxylic acids is 1. The lowest BCUT2D eigenvalue weighted by Crippen LogP contribution is -2.62. The van der Waals surface area contributed by atoms with Gasteiger partial charge in [-0.1, -0.05) is 0 Å². The SMILES string of the molecule is CC1(C)CC(NCC(=O)Nc2ccc(C(=O)O)cc2)CC(C)(C)N1. The van der Waals surface area contributed by atoms with Crippen LogP contribution in [0.15, 0.2) is 24.3 Å². The van der Waals surface area contributed by atoms with Crippen LogP contribution in [-0.2, 0) is 4.79 Å². The molecule has 1 aromatic rings. The van der Waals surface area contributed by atoms with Crippen molar-refractivity contribution in [2.24, 2.45) is 0 Å². The Kier molecular flexibility index (Phi) is 5.30. The Morgan fingerprint density at radius 3 is 2.17 bits per heavy atom. The molecule has 1 saturated heterocycles. The zero-order chi connectivity index (χ0) is 18.0. The summed E-state index contributed by atoms with van der Waals surface area (Å²) in [5.41, 5.74) is 0.855. The molecule has 2 rings (SSSR count). The van der Waals surface area contributed by atoms with Crippen molar-refractivity contribution in [1.29, 1.82) is 0 Å². The lowest BCUT2D eigenvalue weighted by molar-refractivity contribution is -0.115. The van der Waals surface area contributed by atoms with Gasteiger partial charge >= 0.3 is 5.97 Å². The normalized spacial score (nSPS) is 19.7. The van der Waals surface area contributed by atoms with Crippen molar-refractivity contribution in [2.75, 3.05) is 11.9 Å². The number of amides is 1. The number of benzene rings is 1. The molecule has 6 nitrogen and oxygen atoms in total. The number of carbonyl (C=O) groups excluding carboxylic acids is 1. The van der Waals surface area contributed by atoms with E-state index in [0.717, 1.165) is 12.8 Å². The molecule has 1 heterocycles. The summed E-state index contributed by atoms with van der Waals surface area (Å²) >= 11 is 0. The van der Waals surface area contributed by atoms with Crippen LogP contribution >= 0.6 is 0 Å². The van der Waals surface area contributed by atoms with Gasteiger partial charge < -0.3 is 21.1 Å². The molecule has 1 aromatic carbocycles. The van der Waals surface area contributed by atoms with Crippen molar-refractivity contribution < 1.29 is 14.7 Å². The summed E-state index contributed by atoms with van der Waals surface area (Å²) < 4.78 is 0. The summed E-state index contributed by atoms with van der Waals surface area (Å²) in [4.78, 5) is 22.9. The first kappa shape index (κ1) is 18.4. The molecule has 0 bridgehead atoms. The molecule has 0 saturated carbocycles. The van der Waals surface area contributed by atoms with Gasteiger partial charge in [-0.2, -0.15) is 0 Å². The Bertz CT molecular complexity index is 592. The monoisotopic (exact) mass is 333 g/mol. The van der Waals surface area contributed by atoms with Gasteiger partial charge in [-0.3, -0.25) is 4.79 Å². The highest BCUT2D eigenvalue weighted by Gasteiger charge is 2.37. The van der Waals surface area contributed by atoms with Gasteiger partial charge in [-0.15, -0.1) is 0 Å². The van der Waals surface area contributed by atoms with Crippen LogP contribution in [0.3, 0.4) is 0 Å². The largest absolute Gasteiger partial charge is 0.478 e. The van der Waals surface area contributed by atoms with Gasteiger partial charge in [0, 0.05) is 22.8 Å². The molecule has 0 aliphatic carbocycles. The van der Waals surface area contributed by atoms with Crippen molar-refractivity contribution in [2.45, 2.75) is 57.7 Å². The Labute approximate surface area is 143 Å². The number of carboxylic acid groups (broad SMARTS) is 1. The lowest BCUT2D eigenvalue weighted by Gasteiger charge is -2.46. The van der Waals surface area contributed by atoms with E-state index in [9.17, 15) is 9.59 Å². The van der Waals surface area contributed by atoms with E-state index in [1.165, 1.54) is 12.1 Å². The summed E-state index contributed by atoms with van der Waals surface area (Å²) in [5, 5.41) is 18.6. The van der Waals surface area contributed by atoms with E-state index in [2.05, 4.69) is 43.6 Å². The van der Waals surface area contributed by atoms with Crippen LogP contribution in [0.1, 0.15) is 50.9 Å².